The van der Waals surface area contributed by atoms with E-state index in [0.717, 1.165) is 5.69 Å². The van der Waals surface area contributed by atoms with E-state index in [1.165, 1.54) is 42.2 Å². The summed E-state index contributed by atoms with van der Waals surface area (Å²) in [5, 5.41) is 0.0377. The number of halogens is 6. The Morgan fingerprint density at radius 1 is 0.938 bits per heavy atom. The summed E-state index contributed by atoms with van der Waals surface area (Å²) in [7, 11) is 0. The molecule has 32 heavy (non-hydrogen) atoms. The average molecular weight is 489 g/mol. The second-order valence-electron chi connectivity index (χ2n) is 7.18. The average Bonchev–Trinajstić information content (AvgIpc) is 2.75. The number of amides is 1. The Morgan fingerprint density at radius 2 is 1.53 bits per heavy atom. The normalized spacial score (nSPS) is 15.5. The van der Waals surface area contributed by atoms with Crippen LogP contribution in [0.15, 0.2) is 48.0 Å². The van der Waals surface area contributed by atoms with E-state index < -0.39 is 29.3 Å². The van der Waals surface area contributed by atoms with Gasteiger partial charge in [-0.3, -0.25) is 9.59 Å². The van der Waals surface area contributed by atoms with Crippen molar-refractivity contribution in [1.29, 1.82) is 0 Å². The second-order valence-corrected chi connectivity index (χ2v) is 7.97. The summed E-state index contributed by atoms with van der Waals surface area (Å²) >= 11 is 12.1. The first-order valence-corrected chi connectivity index (χ1v) is 10.3. The van der Waals surface area contributed by atoms with Gasteiger partial charge in [-0.25, -0.2) is 4.39 Å². The molecule has 1 saturated heterocycles. The fourth-order valence-electron chi connectivity index (χ4n) is 3.48. The maximum absolute atomic E-state index is 13.3. The predicted octanol–water partition coefficient (Wildman–Crippen LogP) is 5.39. The molecule has 0 saturated carbocycles. The number of Topliss-reactive ketones (excluding diaryl/α,β-unsaturated/α-hetero) is 1. The van der Waals surface area contributed by atoms with E-state index in [-0.39, 0.29) is 34.3 Å². The van der Waals surface area contributed by atoms with E-state index in [1.807, 2.05) is 4.90 Å². The van der Waals surface area contributed by atoms with E-state index in [1.54, 1.807) is 12.1 Å². The summed E-state index contributed by atoms with van der Waals surface area (Å²) < 4.78 is 53.2. The summed E-state index contributed by atoms with van der Waals surface area (Å²) in [6, 6.07) is 10.1. The number of piperazine rings is 1. The molecular formula is C22H18Cl2F4N2O2. The van der Waals surface area contributed by atoms with Crippen molar-refractivity contribution in [3.8, 4) is 0 Å². The molecule has 1 aliphatic rings. The lowest BCUT2D eigenvalue weighted by Gasteiger charge is -2.36. The summed E-state index contributed by atoms with van der Waals surface area (Å²) in [5.74, 6) is -3.66. The lowest BCUT2D eigenvalue weighted by molar-refractivity contribution is -0.167. The number of carbonyl (C=O) groups excluding carboxylic acids is 2. The highest BCUT2D eigenvalue weighted by molar-refractivity contribution is 6.43. The molecule has 0 radical (unpaired) electrons. The molecule has 2 aromatic rings. The Morgan fingerprint density at radius 3 is 2.09 bits per heavy atom. The number of allylic oxidation sites excluding steroid dienone is 1. The van der Waals surface area contributed by atoms with Crippen LogP contribution < -0.4 is 4.90 Å². The van der Waals surface area contributed by atoms with Gasteiger partial charge in [-0.2, -0.15) is 13.2 Å². The minimum absolute atomic E-state index is 0.0481. The van der Waals surface area contributed by atoms with Crippen LogP contribution in [0.25, 0.3) is 5.57 Å². The van der Waals surface area contributed by atoms with Crippen molar-refractivity contribution < 1.29 is 27.2 Å². The van der Waals surface area contributed by atoms with Gasteiger partial charge in [0.1, 0.15) is 5.82 Å². The SMILES string of the molecule is CC(=C(C(=O)N1CCN(c2ccc(F)cc2)CC1)C(=O)C(F)(F)F)c1cccc(Cl)c1Cl. The lowest BCUT2D eigenvalue weighted by atomic mass is 9.96. The fourth-order valence-corrected chi connectivity index (χ4v) is 3.92. The van der Waals surface area contributed by atoms with Crippen LogP contribution in [-0.2, 0) is 9.59 Å². The summed E-state index contributed by atoms with van der Waals surface area (Å²) in [6.07, 6.45) is -5.24. The molecule has 2 aromatic carbocycles. The van der Waals surface area contributed by atoms with Gasteiger partial charge in [0.15, 0.2) is 0 Å². The molecular weight excluding hydrogens is 471 g/mol. The predicted molar refractivity (Wildman–Crippen MR) is 115 cm³/mol. The van der Waals surface area contributed by atoms with Crippen molar-refractivity contribution in [2.24, 2.45) is 0 Å². The Kier molecular flexibility index (Phi) is 7.15. The fraction of sp³-hybridized carbons (Fsp3) is 0.273. The van der Waals surface area contributed by atoms with Crippen LogP contribution in [0.1, 0.15) is 12.5 Å². The molecule has 0 spiro atoms. The molecule has 0 N–H and O–H groups in total. The van der Waals surface area contributed by atoms with E-state index in [2.05, 4.69) is 0 Å². The zero-order chi connectivity index (χ0) is 23.6. The molecule has 0 atom stereocenters. The van der Waals surface area contributed by atoms with Crippen LogP contribution in [0, 0.1) is 5.82 Å². The molecule has 0 unspecified atom stereocenters. The first-order chi connectivity index (χ1) is 15.0. The molecule has 170 valence electrons. The minimum Gasteiger partial charge on any atom is -0.368 e. The molecule has 1 fully saturated rings. The van der Waals surface area contributed by atoms with E-state index in [4.69, 9.17) is 23.2 Å². The van der Waals surface area contributed by atoms with Gasteiger partial charge in [0.2, 0.25) is 0 Å². The minimum atomic E-state index is -5.24. The van der Waals surface area contributed by atoms with Crippen LogP contribution in [-0.4, -0.2) is 48.9 Å². The third-order valence-electron chi connectivity index (χ3n) is 5.19. The molecule has 1 heterocycles. The van der Waals surface area contributed by atoms with E-state index in [9.17, 15) is 27.2 Å². The first-order valence-electron chi connectivity index (χ1n) is 9.57. The summed E-state index contributed by atoms with van der Waals surface area (Å²) in [5.41, 5.74) is -0.393. The number of ketones is 1. The number of anilines is 1. The Bertz CT molecular complexity index is 1060. The second kappa shape index (κ2) is 9.50. The van der Waals surface area contributed by atoms with E-state index in [0.29, 0.717) is 13.1 Å². The zero-order valence-corrected chi connectivity index (χ0v) is 18.4. The highest BCUT2D eigenvalue weighted by atomic mass is 35.5. The summed E-state index contributed by atoms with van der Waals surface area (Å²) in [6.45, 7) is 2.02. The number of hydrogen-bond acceptors (Lipinski definition) is 3. The van der Waals surface area contributed by atoms with Gasteiger partial charge in [0.25, 0.3) is 11.7 Å². The third-order valence-corrected chi connectivity index (χ3v) is 6.01. The van der Waals surface area contributed by atoms with Gasteiger partial charge >= 0.3 is 6.18 Å². The quantitative estimate of drug-likeness (QED) is 0.251. The molecule has 0 bridgehead atoms. The first kappa shape index (κ1) is 24.1. The molecule has 1 amide bonds. The Hall–Kier alpha value is -2.58. The Labute approximate surface area is 192 Å². The number of benzene rings is 2. The van der Waals surface area contributed by atoms with Crippen LogP contribution in [0.4, 0.5) is 23.2 Å². The van der Waals surface area contributed by atoms with Crippen LogP contribution >= 0.6 is 23.2 Å². The van der Waals surface area contributed by atoms with Crippen molar-refractivity contribution in [1.82, 2.24) is 4.90 Å². The summed E-state index contributed by atoms with van der Waals surface area (Å²) in [4.78, 5) is 28.4. The Balaban J connectivity index is 1.91. The van der Waals surface area contributed by atoms with Crippen molar-refractivity contribution >= 4 is 46.2 Å². The number of nitrogens with zero attached hydrogens (tertiary/aromatic N) is 2. The van der Waals surface area contributed by atoms with Crippen LogP contribution in [0.2, 0.25) is 10.0 Å². The topological polar surface area (TPSA) is 40.6 Å². The number of carbonyl (C=O) groups is 2. The number of rotatable bonds is 4. The molecule has 0 aliphatic carbocycles. The van der Waals surface area contributed by atoms with Gasteiger partial charge < -0.3 is 9.80 Å². The molecule has 0 aromatic heterocycles. The van der Waals surface area contributed by atoms with Gasteiger partial charge in [-0.15, -0.1) is 0 Å². The molecule has 3 rings (SSSR count). The molecule has 4 nitrogen and oxygen atoms in total. The van der Waals surface area contributed by atoms with Crippen LogP contribution in [0.5, 0.6) is 0 Å². The highest BCUT2D eigenvalue weighted by Crippen LogP contribution is 2.34. The van der Waals surface area contributed by atoms with Crippen molar-refractivity contribution in [3.05, 3.63) is 69.5 Å². The van der Waals surface area contributed by atoms with Gasteiger partial charge in [-0.1, -0.05) is 35.3 Å². The lowest BCUT2D eigenvalue weighted by Crippen LogP contribution is -2.50. The van der Waals surface area contributed by atoms with Gasteiger partial charge in [-0.05, 0) is 48.4 Å². The van der Waals surface area contributed by atoms with E-state index >= 15 is 0 Å². The maximum atomic E-state index is 13.3. The van der Waals surface area contributed by atoms with Gasteiger partial charge in [0.05, 0.1) is 15.6 Å². The maximum Gasteiger partial charge on any atom is 0.455 e. The van der Waals surface area contributed by atoms with Gasteiger partial charge in [0, 0.05) is 31.9 Å². The third kappa shape index (κ3) is 5.07. The van der Waals surface area contributed by atoms with Crippen molar-refractivity contribution in [2.45, 2.75) is 13.1 Å². The zero-order valence-electron chi connectivity index (χ0n) is 16.8. The van der Waals surface area contributed by atoms with Crippen molar-refractivity contribution in [2.75, 3.05) is 31.1 Å². The smallest absolute Gasteiger partial charge is 0.368 e. The number of alkyl halides is 3. The molecule has 10 heteroatoms. The monoisotopic (exact) mass is 488 g/mol. The number of hydrogen-bond donors (Lipinski definition) is 0. The highest BCUT2D eigenvalue weighted by Gasteiger charge is 2.45. The standard InChI is InChI=1S/C22H18Cl2F4N2O2/c1-13(16-3-2-4-17(23)19(16)24)18(20(31)22(26,27)28)21(32)30-11-9-29(10-12-30)15-7-5-14(25)6-8-15/h2-8H,9-12H2,1H3. The largest absolute Gasteiger partial charge is 0.455 e. The van der Waals surface area contributed by atoms with Crippen LogP contribution in [0.3, 0.4) is 0 Å². The van der Waals surface area contributed by atoms with Crippen molar-refractivity contribution in [3.63, 3.8) is 0 Å². The molecule has 1 aliphatic heterocycles.